The third kappa shape index (κ3) is 3.78. The first-order valence-electron chi connectivity index (χ1n) is 6.38. The average molecular weight is 265 g/mol. The Kier molecular flexibility index (Phi) is 4.51. The van der Waals surface area contributed by atoms with Crippen LogP contribution in [-0.4, -0.2) is 52.2 Å². The first kappa shape index (κ1) is 13.5. The minimum atomic E-state index is -0.0464. The second kappa shape index (κ2) is 6.33. The summed E-state index contributed by atoms with van der Waals surface area (Å²) in [6, 6.07) is 1.91. The molecule has 2 heterocycles. The summed E-state index contributed by atoms with van der Waals surface area (Å²) in [7, 11) is 0. The lowest BCUT2D eigenvalue weighted by Gasteiger charge is -2.14. The second-order valence-electron chi connectivity index (χ2n) is 4.56. The molecule has 0 unspecified atom stereocenters. The number of nitrogens with zero attached hydrogens (tertiary/aromatic N) is 4. The standard InChI is InChI=1S/C12H19N5O2/c1-9-8-10(11(13)16-18)15-12(14-9)19-7-6-17-4-2-3-5-17/h8,18H,2-7H2,1H3,(H2,13,16). The highest BCUT2D eigenvalue weighted by molar-refractivity contribution is 5.95. The van der Waals surface area contributed by atoms with Gasteiger partial charge in [0.25, 0.3) is 0 Å². The number of aryl methyl sites for hydroxylation is 1. The van der Waals surface area contributed by atoms with E-state index >= 15 is 0 Å². The van der Waals surface area contributed by atoms with Gasteiger partial charge in [-0.3, -0.25) is 4.90 Å². The van der Waals surface area contributed by atoms with Crippen molar-refractivity contribution in [2.24, 2.45) is 10.9 Å². The molecule has 0 saturated carbocycles. The Bertz CT molecular complexity index is 457. The summed E-state index contributed by atoms with van der Waals surface area (Å²) in [5.74, 6) is -0.0464. The molecule has 0 aromatic carbocycles. The van der Waals surface area contributed by atoms with Crippen LogP contribution in [0.3, 0.4) is 0 Å². The number of ether oxygens (including phenoxy) is 1. The van der Waals surface area contributed by atoms with Gasteiger partial charge in [0.05, 0.1) is 0 Å². The number of amidine groups is 1. The number of hydrogen-bond donors (Lipinski definition) is 2. The maximum atomic E-state index is 8.64. The molecule has 2 rings (SSSR count). The van der Waals surface area contributed by atoms with E-state index in [1.807, 2.05) is 6.92 Å². The fourth-order valence-corrected chi connectivity index (χ4v) is 2.06. The van der Waals surface area contributed by atoms with Crippen LogP contribution in [0.15, 0.2) is 11.2 Å². The first-order valence-corrected chi connectivity index (χ1v) is 6.38. The molecule has 19 heavy (non-hydrogen) atoms. The van der Waals surface area contributed by atoms with Crippen LogP contribution in [0.5, 0.6) is 6.01 Å². The van der Waals surface area contributed by atoms with E-state index in [4.69, 9.17) is 15.7 Å². The lowest BCUT2D eigenvalue weighted by molar-refractivity contribution is 0.225. The first-order chi connectivity index (χ1) is 9.19. The van der Waals surface area contributed by atoms with E-state index in [0.717, 1.165) is 19.6 Å². The summed E-state index contributed by atoms with van der Waals surface area (Å²) >= 11 is 0. The molecule has 0 radical (unpaired) electrons. The van der Waals surface area contributed by atoms with Crippen LogP contribution in [0.25, 0.3) is 0 Å². The average Bonchev–Trinajstić information content (AvgIpc) is 2.90. The van der Waals surface area contributed by atoms with Crippen molar-refractivity contribution in [2.45, 2.75) is 19.8 Å². The Morgan fingerprint density at radius 2 is 2.21 bits per heavy atom. The molecule has 3 N–H and O–H groups in total. The minimum absolute atomic E-state index is 0.0464. The summed E-state index contributed by atoms with van der Waals surface area (Å²) < 4.78 is 5.53. The Balaban J connectivity index is 1.93. The quantitative estimate of drug-likeness (QED) is 0.345. The van der Waals surface area contributed by atoms with Crippen LogP contribution in [0, 0.1) is 6.92 Å². The van der Waals surface area contributed by atoms with Gasteiger partial charge in [0.15, 0.2) is 5.84 Å². The van der Waals surface area contributed by atoms with Gasteiger partial charge >= 0.3 is 6.01 Å². The monoisotopic (exact) mass is 265 g/mol. The Labute approximate surface area is 112 Å². The Morgan fingerprint density at radius 3 is 2.89 bits per heavy atom. The van der Waals surface area contributed by atoms with Crippen molar-refractivity contribution in [3.8, 4) is 6.01 Å². The van der Waals surface area contributed by atoms with E-state index in [0.29, 0.717) is 18.0 Å². The summed E-state index contributed by atoms with van der Waals surface area (Å²) in [6.45, 7) is 5.49. The van der Waals surface area contributed by atoms with Crippen LogP contribution in [0.2, 0.25) is 0 Å². The maximum Gasteiger partial charge on any atom is 0.317 e. The minimum Gasteiger partial charge on any atom is -0.462 e. The summed E-state index contributed by atoms with van der Waals surface area (Å²) in [6.07, 6.45) is 2.52. The highest BCUT2D eigenvalue weighted by Gasteiger charge is 2.12. The Hall–Kier alpha value is -1.89. The van der Waals surface area contributed by atoms with E-state index in [1.54, 1.807) is 6.07 Å². The molecule has 0 amide bonds. The maximum absolute atomic E-state index is 8.64. The van der Waals surface area contributed by atoms with Crippen LogP contribution >= 0.6 is 0 Å². The summed E-state index contributed by atoms with van der Waals surface area (Å²) in [5.41, 5.74) is 6.59. The topological polar surface area (TPSA) is 96.9 Å². The molecule has 0 atom stereocenters. The molecule has 1 fully saturated rings. The van der Waals surface area contributed by atoms with E-state index < -0.39 is 0 Å². The predicted molar refractivity (Wildman–Crippen MR) is 70.4 cm³/mol. The third-order valence-electron chi connectivity index (χ3n) is 3.04. The number of oxime groups is 1. The molecule has 104 valence electrons. The van der Waals surface area contributed by atoms with Crippen molar-refractivity contribution >= 4 is 5.84 Å². The smallest absolute Gasteiger partial charge is 0.317 e. The zero-order valence-electron chi connectivity index (χ0n) is 11.0. The molecule has 0 spiro atoms. The van der Waals surface area contributed by atoms with Gasteiger partial charge < -0.3 is 15.7 Å². The molecule has 1 aliphatic heterocycles. The van der Waals surface area contributed by atoms with Crippen LogP contribution < -0.4 is 10.5 Å². The molecule has 1 aromatic heterocycles. The number of likely N-dealkylation sites (tertiary alicyclic amines) is 1. The highest BCUT2D eigenvalue weighted by atomic mass is 16.5. The number of nitrogens with two attached hydrogens (primary N) is 1. The summed E-state index contributed by atoms with van der Waals surface area (Å²) in [4.78, 5) is 10.6. The van der Waals surface area contributed by atoms with Crippen molar-refractivity contribution in [3.63, 3.8) is 0 Å². The van der Waals surface area contributed by atoms with Gasteiger partial charge in [-0.1, -0.05) is 5.16 Å². The number of rotatable bonds is 5. The third-order valence-corrected chi connectivity index (χ3v) is 3.04. The molecule has 0 aliphatic carbocycles. The van der Waals surface area contributed by atoms with Crippen LogP contribution in [-0.2, 0) is 0 Å². The van der Waals surface area contributed by atoms with Crippen LogP contribution in [0.4, 0.5) is 0 Å². The number of hydrogen-bond acceptors (Lipinski definition) is 6. The van der Waals surface area contributed by atoms with Crippen molar-refractivity contribution < 1.29 is 9.94 Å². The highest BCUT2D eigenvalue weighted by Crippen LogP contribution is 2.09. The van der Waals surface area contributed by atoms with Gasteiger partial charge in [0.1, 0.15) is 12.3 Å². The molecule has 1 aromatic rings. The fraction of sp³-hybridized carbons (Fsp3) is 0.583. The predicted octanol–water partition coefficient (Wildman–Crippen LogP) is 0.354. The van der Waals surface area contributed by atoms with Crippen molar-refractivity contribution in [1.82, 2.24) is 14.9 Å². The number of aromatic nitrogens is 2. The molecule has 0 bridgehead atoms. The van der Waals surface area contributed by atoms with Crippen LogP contribution in [0.1, 0.15) is 24.2 Å². The van der Waals surface area contributed by atoms with E-state index in [1.165, 1.54) is 12.8 Å². The Morgan fingerprint density at radius 1 is 1.47 bits per heavy atom. The molecule has 7 heteroatoms. The molecular weight excluding hydrogens is 246 g/mol. The van der Waals surface area contributed by atoms with Gasteiger partial charge in [-0.2, -0.15) is 4.98 Å². The van der Waals surface area contributed by atoms with E-state index in [2.05, 4.69) is 20.0 Å². The van der Waals surface area contributed by atoms with Crippen molar-refractivity contribution in [1.29, 1.82) is 0 Å². The van der Waals surface area contributed by atoms with Crippen molar-refractivity contribution in [2.75, 3.05) is 26.2 Å². The fourth-order valence-electron chi connectivity index (χ4n) is 2.06. The molecule has 7 nitrogen and oxygen atoms in total. The largest absolute Gasteiger partial charge is 0.462 e. The zero-order chi connectivity index (χ0) is 13.7. The SMILES string of the molecule is Cc1cc(/C(N)=N/O)nc(OCCN2CCCC2)n1. The van der Waals surface area contributed by atoms with Gasteiger partial charge in [0.2, 0.25) is 0 Å². The normalized spacial score (nSPS) is 16.8. The second-order valence-corrected chi connectivity index (χ2v) is 4.56. The van der Waals surface area contributed by atoms with Gasteiger partial charge in [-0.05, 0) is 38.9 Å². The van der Waals surface area contributed by atoms with E-state index in [9.17, 15) is 0 Å². The van der Waals surface area contributed by atoms with E-state index in [-0.39, 0.29) is 11.8 Å². The van der Waals surface area contributed by atoms with Gasteiger partial charge in [-0.15, -0.1) is 0 Å². The summed E-state index contributed by atoms with van der Waals surface area (Å²) in [5, 5.41) is 11.6. The molecular formula is C12H19N5O2. The molecule has 1 aliphatic rings. The van der Waals surface area contributed by atoms with Gasteiger partial charge in [0, 0.05) is 12.2 Å². The van der Waals surface area contributed by atoms with Crippen molar-refractivity contribution in [3.05, 3.63) is 17.5 Å². The van der Waals surface area contributed by atoms with Gasteiger partial charge in [-0.25, -0.2) is 4.98 Å². The lowest BCUT2D eigenvalue weighted by atomic mass is 10.3. The lowest BCUT2D eigenvalue weighted by Crippen LogP contribution is -2.25. The zero-order valence-corrected chi connectivity index (χ0v) is 11.0. The molecule has 1 saturated heterocycles.